The van der Waals surface area contributed by atoms with Gasteiger partial charge in [0.1, 0.15) is 0 Å². The minimum atomic E-state index is 0. The van der Waals surface area contributed by atoms with Crippen molar-refractivity contribution in [3.8, 4) is 0 Å². The third-order valence-corrected chi connectivity index (χ3v) is 4.20. The first kappa shape index (κ1) is 26.0. The third kappa shape index (κ3) is 8.47. The highest BCUT2D eigenvalue weighted by atomic mass is 35.5. The van der Waals surface area contributed by atoms with Crippen LogP contribution in [0, 0.1) is 11.8 Å². The van der Waals surface area contributed by atoms with E-state index in [1.807, 2.05) is 0 Å². The van der Waals surface area contributed by atoms with E-state index in [0.29, 0.717) is 0 Å². The highest BCUT2D eigenvalue weighted by Crippen LogP contribution is 2.29. The van der Waals surface area contributed by atoms with Gasteiger partial charge in [0.15, 0.2) is 0 Å². The Labute approximate surface area is 148 Å². The van der Waals surface area contributed by atoms with Crippen LogP contribution in [0.3, 0.4) is 0 Å². The normalized spacial score (nSPS) is 23.6. The molecule has 2 rings (SSSR count). The Balaban J connectivity index is -0.000000722. The molecule has 2 heterocycles. The molecular formula is C13H30Cl4N2O. The van der Waals surface area contributed by atoms with Gasteiger partial charge in [0.25, 0.3) is 0 Å². The summed E-state index contributed by atoms with van der Waals surface area (Å²) in [5, 5.41) is 3.47. The van der Waals surface area contributed by atoms with Crippen LogP contribution < -0.4 is 5.32 Å². The van der Waals surface area contributed by atoms with Gasteiger partial charge in [-0.15, -0.1) is 49.6 Å². The van der Waals surface area contributed by atoms with Gasteiger partial charge >= 0.3 is 0 Å². The van der Waals surface area contributed by atoms with Crippen LogP contribution in [0.15, 0.2) is 0 Å². The number of nitrogens with one attached hydrogen (secondary N) is 1. The number of halogens is 4. The smallest absolute Gasteiger partial charge is 0.0589 e. The molecule has 3 nitrogen and oxygen atoms in total. The van der Waals surface area contributed by atoms with E-state index in [0.717, 1.165) is 25.0 Å². The average molecular weight is 372 g/mol. The predicted octanol–water partition coefficient (Wildman–Crippen LogP) is 3.03. The van der Waals surface area contributed by atoms with Crippen LogP contribution in [0.2, 0.25) is 0 Å². The van der Waals surface area contributed by atoms with E-state index >= 15 is 0 Å². The third-order valence-electron chi connectivity index (χ3n) is 4.20. The number of ether oxygens (including phenoxy) is 1. The standard InChI is InChI=1S/C13H26N2O.4ClH/c1-16-10-9-15-8-2-3-13(11-15)12-4-6-14-7-5-12;;;;/h12-14H,2-11H2,1H3;4*1H/t13-;;;;/m0..../s1. The largest absolute Gasteiger partial charge is 0.383 e. The molecule has 0 saturated carbocycles. The first-order chi connectivity index (χ1) is 7.90. The van der Waals surface area contributed by atoms with Crippen LogP contribution in [-0.2, 0) is 4.74 Å². The molecule has 20 heavy (non-hydrogen) atoms. The molecule has 2 saturated heterocycles. The molecule has 0 radical (unpaired) electrons. The van der Waals surface area contributed by atoms with Crippen molar-refractivity contribution < 1.29 is 4.74 Å². The summed E-state index contributed by atoms with van der Waals surface area (Å²) in [6.07, 6.45) is 5.62. The van der Waals surface area contributed by atoms with Crippen LogP contribution in [0.4, 0.5) is 0 Å². The highest BCUT2D eigenvalue weighted by molar-refractivity contribution is 5.86. The lowest BCUT2D eigenvalue weighted by atomic mass is 9.80. The number of hydrogen-bond donors (Lipinski definition) is 1. The molecule has 0 aliphatic carbocycles. The van der Waals surface area contributed by atoms with Crippen molar-refractivity contribution in [2.75, 3.05) is 46.4 Å². The second-order valence-corrected chi connectivity index (χ2v) is 5.28. The quantitative estimate of drug-likeness (QED) is 0.821. The maximum absolute atomic E-state index is 5.17. The zero-order valence-corrected chi connectivity index (χ0v) is 15.5. The van der Waals surface area contributed by atoms with Gasteiger partial charge in [-0.1, -0.05) is 0 Å². The van der Waals surface area contributed by atoms with E-state index in [1.54, 1.807) is 7.11 Å². The first-order valence-electron chi connectivity index (χ1n) is 6.82. The number of nitrogens with zero attached hydrogens (tertiary/aromatic N) is 1. The molecule has 1 N–H and O–H groups in total. The fourth-order valence-corrected chi connectivity index (χ4v) is 3.22. The SMILES string of the molecule is COCCN1CCC[C@H](C2CCNCC2)C1.Cl.Cl.Cl.Cl. The fourth-order valence-electron chi connectivity index (χ4n) is 3.22. The van der Waals surface area contributed by atoms with Crippen molar-refractivity contribution in [2.45, 2.75) is 25.7 Å². The van der Waals surface area contributed by atoms with Crippen molar-refractivity contribution in [3.05, 3.63) is 0 Å². The minimum absolute atomic E-state index is 0. The lowest BCUT2D eigenvalue weighted by Crippen LogP contribution is -2.42. The molecule has 0 spiro atoms. The number of likely N-dealkylation sites (tertiary alicyclic amines) is 1. The number of hydrogen-bond acceptors (Lipinski definition) is 3. The van der Waals surface area contributed by atoms with Gasteiger partial charge < -0.3 is 15.0 Å². The molecule has 0 aromatic rings. The maximum Gasteiger partial charge on any atom is 0.0589 e. The molecule has 7 heteroatoms. The van der Waals surface area contributed by atoms with E-state index in [4.69, 9.17) is 4.74 Å². The molecule has 0 aromatic carbocycles. The Kier molecular flexibility index (Phi) is 19.4. The van der Waals surface area contributed by atoms with Gasteiger partial charge in [-0.25, -0.2) is 0 Å². The molecule has 126 valence electrons. The van der Waals surface area contributed by atoms with E-state index < -0.39 is 0 Å². The summed E-state index contributed by atoms with van der Waals surface area (Å²) in [7, 11) is 1.80. The Bertz CT molecular complexity index is 207. The van der Waals surface area contributed by atoms with E-state index in [-0.39, 0.29) is 49.6 Å². The monoisotopic (exact) mass is 370 g/mol. The number of rotatable bonds is 4. The summed E-state index contributed by atoms with van der Waals surface area (Å²) in [4.78, 5) is 2.60. The van der Waals surface area contributed by atoms with Gasteiger partial charge in [-0.3, -0.25) is 0 Å². The summed E-state index contributed by atoms with van der Waals surface area (Å²) >= 11 is 0. The van der Waals surface area contributed by atoms with Crippen LogP contribution in [0.25, 0.3) is 0 Å². The summed E-state index contributed by atoms with van der Waals surface area (Å²) in [6, 6.07) is 0. The summed E-state index contributed by atoms with van der Waals surface area (Å²) < 4.78 is 5.17. The molecule has 1 atom stereocenters. The second-order valence-electron chi connectivity index (χ2n) is 5.28. The van der Waals surface area contributed by atoms with Gasteiger partial charge in [0.2, 0.25) is 0 Å². The topological polar surface area (TPSA) is 24.5 Å². The van der Waals surface area contributed by atoms with Gasteiger partial charge in [0, 0.05) is 20.2 Å². The molecule has 2 aliphatic rings. The van der Waals surface area contributed by atoms with Crippen molar-refractivity contribution in [1.29, 1.82) is 0 Å². The highest BCUT2D eigenvalue weighted by Gasteiger charge is 2.27. The van der Waals surface area contributed by atoms with E-state index in [2.05, 4.69) is 10.2 Å². The average Bonchev–Trinajstić information content (AvgIpc) is 2.38. The van der Waals surface area contributed by atoms with Crippen molar-refractivity contribution >= 4 is 49.6 Å². The van der Waals surface area contributed by atoms with Crippen LogP contribution in [-0.4, -0.2) is 51.3 Å². The Morgan fingerprint density at radius 3 is 2.25 bits per heavy atom. The molecule has 0 aromatic heterocycles. The Morgan fingerprint density at radius 2 is 1.65 bits per heavy atom. The zero-order valence-electron chi connectivity index (χ0n) is 12.2. The Hall–Kier alpha value is 1.04. The molecule has 2 aliphatic heterocycles. The van der Waals surface area contributed by atoms with Crippen LogP contribution >= 0.6 is 49.6 Å². The second kappa shape index (κ2) is 15.0. The molecular weight excluding hydrogens is 342 g/mol. The summed E-state index contributed by atoms with van der Waals surface area (Å²) in [6.45, 7) is 7.08. The first-order valence-corrected chi connectivity index (χ1v) is 6.82. The van der Waals surface area contributed by atoms with Crippen molar-refractivity contribution in [1.82, 2.24) is 10.2 Å². The molecule has 0 amide bonds. The number of methoxy groups -OCH3 is 1. The summed E-state index contributed by atoms with van der Waals surface area (Å²) in [5.74, 6) is 1.93. The van der Waals surface area contributed by atoms with Gasteiger partial charge in [0.05, 0.1) is 6.61 Å². The van der Waals surface area contributed by atoms with Gasteiger partial charge in [-0.2, -0.15) is 0 Å². The molecule has 0 unspecified atom stereocenters. The van der Waals surface area contributed by atoms with Crippen molar-refractivity contribution in [3.63, 3.8) is 0 Å². The molecule has 2 fully saturated rings. The van der Waals surface area contributed by atoms with E-state index in [9.17, 15) is 0 Å². The predicted molar refractivity (Wildman–Crippen MR) is 95.6 cm³/mol. The number of piperidine rings is 2. The summed E-state index contributed by atoms with van der Waals surface area (Å²) in [5.41, 5.74) is 0. The maximum atomic E-state index is 5.17. The fraction of sp³-hybridized carbons (Fsp3) is 1.00. The zero-order chi connectivity index (χ0) is 11.2. The lowest BCUT2D eigenvalue weighted by molar-refractivity contribution is 0.0874. The van der Waals surface area contributed by atoms with Gasteiger partial charge in [-0.05, 0) is 57.2 Å². The Morgan fingerprint density at radius 1 is 1.00 bits per heavy atom. The van der Waals surface area contributed by atoms with E-state index in [1.165, 1.54) is 51.9 Å². The van der Waals surface area contributed by atoms with Crippen LogP contribution in [0.1, 0.15) is 25.7 Å². The van der Waals surface area contributed by atoms with Crippen LogP contribution in [0.5, 0.6) is 0 Å². The lowest BCUT2D eigenvalue weighted by Gasteiger charge is -2.38. The minimum Gasteiger partial charge on any atom is -0.383 e. The molecule has 0 bridgehead atoms. The van der Waals surface area contributed by atoms with Crippen molar-refractivity contribution in [2.24, 2.45) is 11.8 Å².